The summed E-state index contributed by atoms with van der Waals surface area (Å²) in [5, 5.41) is 5.99. The minimum atomic E-state index is 0.0264. The van der Waals surface area contributed by atoms with Crippen LogP contribution in [0.4, 0.5) is 5.82 Å². The van der Waals surface area contributed by atoms with E-state index in [1.165, 1.54) is 0 Å². The highest BCUT2D eigenvalue weighted by Crippen LogP contribution is 2.28. The fourth-order valence-electron chi connectivity index (χ4n) is 3.55. The standard InChI is InChI=1S/C20H23N5O/c26-20(25-18(9-11-22-25)17-6-2-1-3-7-17)16-23-12-14-24(15-13-23)19-8-4-5-10-21-19/h1-8,10-11,18H,9,12-16H2. The van der Waals surface area contributed by atoms with Gasteiger partial charge in [-0.15, -0.1) is 0 Å². The number of hydrazone groups is 1. The molecule has 0 saturated carbocycles. The fraction of sp³-hybridized carbons (Fsp3) is 0.350. The molecule has 1 unspecified atom stereocenters. The van der Waals surface area contributed by atoms with Crippen molar-refractivity contribution in [3.05, 3.63) is 60.3 Å². The van der Waals surface area contributed by atoms with E-state index in [2.05, 4.69) is 32.0 Å². The number of anilines is 1. The summed E-state index contributed by atoms with van der Waals surface area (Å²) in [5.74, 6) is 1.07. The Hall–Kier alpha value is -2.73. The Bertz CT molecular complexity index is 756. The number of carbonyl (C=O) groups excluding carboxylic acids is 1. The van der Waals surface area contributed by atoms with Gasteiger partial charge in [-0.25, -0.2) is 9.99 Å². The highest BCUT2D eigenvalue weighted by Gasteiger charge is 2.30. The molecule has 2 aliphatic rings. The first-order chi connectivity index (χ1) is 12.8. The van der Waals surface area contributed by atoms with Crippen LogP contribution in [0.1, 0.15) is 18.0 Å². The smallest absolute Gasteiger partial charge is 0.257 e. The molecule has 1 aromatic heterocycles. The molecular weight excluding hydrogens is 326 g/mol. The molecule has 6 heteroatoms. The highest BCUT2D eigenvalue weighted by molar-refractivity contribution is 5.81. The second-order valence-corrected chi connectivity index (χ2v) is 6.65. The lowest BCUT2D eigenvalue weighted by Crippen LogP contribution is -2.49. The van der Waals surface area contributed by atoms with Gasteiger partial charge in [0.2, 0.25) is 0 Å². The van der Waals surface area contributed by atoms with E-state index in [1.807, 2.05) is 48.8 Å². The van der Waals surface area contributed by atoms with E-state index in [9.17, 15) is 4.79 Å². The van der Waals surface area contributed by atoms with E-state index >= 15 is 0 Å². The van der Waals surface area contributed by atoms with Crippen LogP contribution in [0.15, 0.2) is 59.8 Å². The molecule has 1 saturated heterocycles. The van der Waals surface area contributed by atoms with Crippen LogP contribution in [-0.4, -0.2) is 59.7 Å². The van der Waals surface area contributed by atoms with E-state index in [1.54, 1.807) is 5.01 Å². The number of piperazine rings is 1. The Kier molecular flexibility index (Phi) is 4.93. The Morgan fingerprint density at radius 1 is 1.00 bits per heavy atom. The minimum Gasteiger partial charge on any atom is -0.354 e. The molecule has 0 bridgehead atoms. The zero-order valence-corrected chi connectivity index (χ0v) is 14.7. The van der Waals surface area contributed by atoms with Crippen molar-refractivity contribution in [1.82, 2.24) is 14.9 Å². The molecule has 1 fully saturated rings. The van der Waals surface area contributed by atoms with Gasteiger partial charge in [-0.2, -0.15) is 5.10 Å². The molecule has 2 aromatic rings. The maximum Gasteiger partial charge on any atom is 0.257 e. The van der Waals surface area contributed by atoms with Crippen molar-refractivity contribution in [2.24, 2.45) is 5.10 Å². The second-order valence-electron chi connectivity index (χ2n) is 6.65. The number of pyridine rings is 1. The third kappa shape index (κ3) is 3.60. The summed E-state index contributed by atoms with van der Waals surface area (Å²) in [6, 6.07) is 16.1. The third-order valence-corrected chi connectivity index (χ3v) is 4.97. The Morgan fingerprint density at radius 2 is 1.77 bits per heavy atom. The van der Waals surface area contributed by atoms with Crippen molar-refractivity contribution >= 4 is 17.9 Å². The SMILES string of the molecule is O=C(CN1CCN(c2ccccn2)CC1)N1N=CCC1c1ccccc1. The van der Waals surface area contributed by atoms with Crippen LogP contribution in [0.25, 0.3) is 0 Å². The van der Waals surface area contributed by atoms with Crippen molar-refractivity contribution in [2.45, 2.75) is 12.5 Å². The molecule has 4 rings (SSSR count). The molecule has 1 amide bonds. The molecule has 3 heterocycles. The van der Waals surface area contributed by atoms with Gasteiger partial charge in [-0.3, -0.25) is 9.69 Å². The van der Waals surface area contributed by atoms with Gasteiger partial charge in [0.05, 0.1) is 12.6 Å². The normalized spacial score (nSPS) is 20.5. The monoisotopic (exact) mass is 349 g/mol. The average Bonchev–Trinajstić information content (AvgIpc) is 3.20. The molecule has 134 valence electrons. The third-order valence-electron chi connectivity index (χ3n) is 4.97. The van der Waals surface area contributed by atoms with Gasteiger partial charge in [0.1, 0.15) is 5.82 Å². The number of nitrogens with zero attached hydrogens (tertiary/aromatic N) is 5. The molecule has 0 N–H and O–H groups in total. The maximum atomic E-state index is 12.8. The zero-order valence-electron chi connectivity index (χ0n) is 14.7. The molecule has 0 radical (unpaired) electrons. The Balaban J connectivity index is 1.33. The number of rotatable bonds is 4. The molecule has 2 aliphatic heterocycles. The van der Waals surface area contributed by atoms with Crippen LogP contribution in [0, 0.1) is 0 Å². The van der Waals surface area contributed by atoms with E-state index in [-0.39, 0.29) is 11.9 Å². The summed E-state index contributed by atoms with van der Waals surface area (Å²) in [6.07, 6.45) is 4.44. The number of benzene rings is 1. The zero-order chi connectivity index (χ0) is 17.8. The van der Waals surface area contributed by atoms with Crippen LogP contribution >= 0.6 is 0 Å². The number of amides is 1. The number of carbonyl (C=O) groups is 1. The largest absolute Gasteiger partial charge is 0.354 e. The van der Waals surface area contributed by atoms with Crippen LogP contribution in [0.3, 0.4) is 0 Å². The van der Waals surface area contributed by atoms with Crippen LogP contribution < -0.4 is 4.90 Å². The first-order valence-electron chi connectivity index (χ1n) is 9.09. The predicted molar refractivity (Wildman–Crippen MR) is 102 cm³/mol. The topological polar surface area (TPSA) is 52.0 Å². The lowest BCUT2D eigenvalue weighted by Gasteiger charge is -2.35. The Morgan fingerprint density at radius 3 is 2.50 bits per heavy atom. The van der Waals surface area contributed by atoms with Gasteiger partial charge >= 0.3 is 0 Å². The maximum absolute atomic E-state index is 12.8. The van der Waals surface area contributed by atoms with Gasteiger partial charge in [-0.05, 0) is 17.7 Å². The summed E-state index contributed by atoms with van der Waals surface area (Å²) in [5.41, 5.74) is 1.14. The summed E-state index contributed by atoms with van der Waals surface area (Å²) in [4.78, 5) is 21.7. The molecule has 0 aliphatic carbocycles. The van der Waals surface area contributed by atoms with Crippen molar-refractivity contribution in [2.75, 3.05) is 37.6 Å². The molecule has 26 heavy (non-hydrogen) atoms. The molecule has 0 spiro atoms. The predicted octanol–water partition coefficient (Wildman–Crippen LogP) is 2.16. The van der Waals surface area contributed by atoms with E-state index in [0.717, 1.165) is 44.0 Å². The molecule has 6 nitrogen and oxygen atoms in total. The number of hydrogen-bond donors (Lipinski definition) is 0. The average molecular weight is 349 g/mol. The second kappa shape index (κ2) is 7.66. The van der Waals surface area contributed by atoms with Gasteiger partial charge in [-0.1, -0.05) is 36.4 Å². The van der Waals surface area contributed by atoms with E-state index in [4.69, 9.17) is 0 Å². The molecular formula is C20H23N5O. The number of aromatic nitrogens is 1. The quantitative estimate of drug-likeness (QED) is 0.849. The van der Waals surface area contributed by atoms with Crippen molar-refractivity contribution in [3.63, 3.8) is 0 Å². The van der Waals surface area contributed by atoms with E-state index in [0.29, 0.717) is 6.54 Å². The highest BCUT2D eigenvalue weighted by atomic mass is 16.2. The van der Waals surface area contributed by atoms with Crippen molar-refractivity contribution in [1.29, 1.82) is 0 Å². The van der Waals surface area contributed by atoms with Gasteiger partial charge in [0, 0.05) is 45.0 Å². The van der Waals surface area contributed by atoms with Crippen LogP contribution in [0.5, 0.6) is 0 Å². The van der Waals surface area contributed by atoms with Crippen molar-refractivity contribution in [3.8, 4) is 0 Å². The summed E-state index contributed by atoms with van der Waals surface area (Å²) in [7, 11) is 0. The van der Waals surface area contributed by atoms with Crippen LogP contribution in [0.2, 0.25) is 0 Å². The summed E-state index contributed by atoms with van der Waals surface area (Å²) in [6.45, 7) is 3.90. The lowest BCUT2D eigenvalue weighted by atomic mass is 10.0. The fourth-order valence-corrected chi connectivity index (χ4v) is 3.55. The van der Waals surface area contributed by atoms with Gasteiger partial charge < -0.3 is 4.90 Å². The first-order valence-corrected chi connectivity index (χ1v) is 9.09. The van der Waals surface area contributed by atoms with Gasteiger partial charge in [0.15, 0.2) is 0 Å². The van der Waals surface area contributed by atoms with Crippen LogP contribution in [-0.2, 0) is 4.79 Å². The number of hydrogen-bond acceptors (Lipinski definition) is 5. The first kappa shape index (κ1) is 16.7. The molecule has 1 aromatic carbocycles. The lowest BCUT2D eigenvalue weighted by molar-refractivity contribution is -0.134. The minimum absolute atomic E-state index is 0.0264. The Labute approximate surface area is 153 Å². The van der Waals surface area contributed by atoms with Gasteiger partial charge in [0.25, 0.3) is 5.91 Å². The molecule has 1 atom stereocenters. The van der Waals surface area contributed by atoms with E-state index < -0.39 is 0 Å². The summed E-state index contributed by atoms with van der Waals surface area (Å²) >= 11 is 0. The summed E-state index contributed by atoms with van der Waals surface area (Å²) < 4.78 is 0. The van der Waals surface area contributed by atoms with Crippen molar-refractivity contribution < 1.29 is 4.79 Å².